The Morgan fingerprint density at radius 1 is 1.29 bits per heavy atom. The standard InChI is InChI=1S/C13H27NO2S/c1-12(2,3)9-13(4,5)16-11(15)10(14)7-8-17-6/h10H,7-9,14H2,1-6H3. The molecule has 0 amide bonds. The monoisotopic (exact) mass is 261 g/mol. The highest BCUT2D eigenvalue weighted by Gasteiger charge is 2.30. The smallest absolute Gasteiger partial charge is 0.323 e. The second-order valence-electron chi connectivity index (χ2n) is 6.31. The number of ether oxygens (including phenoxy) is 1. The van der Waals surface area contributed by atoms with E-state index >= 15 is 0 Å². The first kappa shape index (κ1) is 16.8. The molecule has 2 N–H and O–H groups in total. The summed E-state index contributed by atoms with van der Waals surface area (Å²) in [4.78, 5) is 11.8. The second-order valence-corrected chi connectivity index (χ2v) is 7.29. The highest BCUT2D eigenvalue weighted by Crippen LogP contribution is 2.29. The van der Waals surface area contributed by atoms with E-state index in [2.05, 4.69) is 20.8 Å². The lowest BCUT2D eigenvalue weighted by Crippen LogP contribution is -2.40. The molecule has 0 radical (unpaired) electrons. The summed E-state index contributed by atoms with van der Waals surface area (Å²) in [6, 6.07) is -0.498. The Balaban J connectivity index is 4.26. The van der Waals surface area contributed by atoms with Crippen LogP contribution in [-0.2, 0) is 9.53 Å². The summed E-state index contributed by atoms with van der Waals surface area (Å²) in [6.07, 6.45) is 3.49. The minimum atomic E-state index is -0.498. The summed E-state index contributed by atoms with van der Waals surface area (Å²) in [6.45, 7) is 10.3. The van der Waals surface area contributed by atoms with Crippen LogP contribution in [0.3, 0.4) is 0 Å². The summed E-state index contributed by atoms with van der Waals surface area (Å²) < 4.78 is 5.50. The number of hydrogen-bond acceptors (Lipinski definition) is 4. The van der Waals surface area contributed by atoms with Gasteiger partial charge >= 0.3 is 5.97 Å². The first-order valence-corrected chi connectivity index (χ1v) is 7.44. The molecule has 0 fully saturated rings. The highest BCUT2D eigenvalue weighted by molar-refractivity contribution is 7.98. The summed E-state index contributed by atoms with van der Waals surface area (Å²) >= 11 is 1.69. The van der Waals surface area contributed by atoms with Gasteiger partial charge in [-0.1, -0.05) is 20.8 Å². The van der Waals surface area contributed by atoms with Crippen molar-refractivity contribution in [3.05, 3.63) is 0 Å². The molecule has 0 saturated heterocycles. The quantitative estimate of drug-likeness (QED) is 0.747. The Bertz CT molecular complexity index is 246. The van der Waals surface area contributed by atoms with Gasteiger partial charge < -0.3 is 10.5 Å². The van der Waals surface area contributed by atoms with Crippen LogP contribution < -0.4 is 5.73 Å². The zero-order chi connectivity index (χ0) is 13.7. The molecule has 0 aliphatic rings. The third-order valence-electron chi connectivity index (χ3n) is 2.27. The SMILES string of the molecule is CSCCC(N)C(=O)OC(C)(C)CC(C)(C)C. The van der Waals surface area contributed by atoms with Gasteiger partial charge in [0.15, 0.2) is 0 Å². The van der Waals surface area contributed by atoms with Crippen molar-refractivity contribution in [3.8, 4) is 0 Å². The molecule has 4 heteroatoms. The van der Waals surface area contributed by atoms with Gasteiger partial charge in [0.1, 0.15) is 11.6 Å². The van der Waals surface area contributed by atoms with Crippen molar-refractivity contribution < 1.29 is 9.53 Å². The molecule has 102 valence electrons. The Kier molecular flexibility index (Phi) is 6.56. The second kappa shape index (κ2) is 6.64. The molecule has 0 aliphatic heterocycles. The molecule has 0 heterocycles. The largest absolute Gasteiger partial charge is 0.458 e. The molecule has 0 saturated carbocycles. The van der Waals surface area contributed by atoms with Gasteiger partial charge in [0.2, 0.25) is 0 Å². The predicted octanol–water partition coefficient (Wildman–Crippen LogP) is 2.82. The fourth-order valence-electron chi connectivity index (χ4n) is 2.02. The van der Waals surface area contributed by atoms with Gasteiger partial charge in [0, 0.05) is 0 Å². The molecular weight excluding hydrogens is 234 g/mol. The first-order valence-electron chi connectivity index (χ1n) is 6.05. The minimum absolute atomic E-state index is 0.132. The molecule has 1 atom stereocenters. The van der Waals surface area contributed by atoms with Crippen LogP contribution in [0.4, 0.5) is 0 Å². The third kappa shape index (κ3) is 8.50. The lowest BCUT2D eigenvalue weighted by molar-refractivity contribution is -0.160. The van der Waals surface area contributed by atoms with Crippen molar-refractivity contribution in [1.82, 2.24) is 0 Å². The molecule has 0 aromatic rings. The van der Waals surface area contributed by atoms with Gasteiger partial charge in [-0.3, -0.25) is 4.79 Å². The van der Waals surface area contributed by atoms with Crippen molar-refractivity contribution in [1.29, 1.82) is 0 Å². The molecule has 0 rings (SSSR count). The predicted molar refractivity (Wildman–Crippen MR) is 75.2 cm³/mol. The van der Waals surface area contributed by atoms with Crippen LogP contribution in [0.1, 0.15) is 47.5 Å². The summed E-state index contributed by atoms with van der Waals surface area (Å²) in [7, 11) is 0. The van der Waals surface area contributed by atoms with Crippen LogP contribution in [0.25, 0.3) is 0 Å². The van der Waals surface area contributed by atoms with E-state index in [-0.39, 0.29) is 11.4 Å². The fourth-order valence-corrected chi connectivity index (χ4v) is 2.51. The number of esters is 1. The molecule has 0 aromatic heterocycles. The van der Waals surface area contributed by atoms with E-state index in [1.165, 1.54) is 0 Å². The van der Waals surface area contributed by atoms with Gasteiger partial charge in [-0.2, -0.15) is 11.8 Å². The fraction of sp³-hybridized carbons (Fsp3) is 0.923. The summed E-state index contributed by atoms with van der Waals surface area (Å²) in [5.74, 6) is 0.601. The van der Waals surface area contributed by atoms with Crippen molar-refractivity contribution in [3.63, 3.8) is 0 Å². The Morgan fingerprint density at radius 2 is 1.82 bits per heavy atom. The molecule has 3 nitrogen and oxygen atoms in total. The van der Waals surface area contributed by atoms with E-state index in [4.69, 9.17) is 10.5 Å². The number of nitrogens with two attached hydrogens (primary N) is 1. The lowest BCUT2D eigenvalue weighted by Gasteiger charge is -2.32. The Morgan fingerprint density at radius 3 is 2.24 bits per heavy atom. The molecule has 0 bridgehead atoms. The normalized spacial score (nSPS) is 14.5. The zero-order valence-electron chi connectivity index (χ0n) is 12.0. The summed E-state index contributed by atoms with van der Waals surface area (Å²) in [5, 5.41) is 0. The Hall–Kier alpha value is -0.220. The van der Waals surface area contributed by atoms with Crippen LogP contribution in [0.15, 0.2) is 0 Å². The van der Waals surface area contributed by atoms with E-state index < -0.39 is 11.6 Å². The van der Waals surface area contributed by atoms with E-state index in [0.29, 0.717) is 6.42 Å². The van der Waals surface area contributed by atoms with Crippen LogP contribution in [0.2, 0.25) is 0 Å². The maximum atomic E-state index is 11.8. The van der Waals surface area contributed by atoms with Gasteiger partial charge in [-0.15, -0.1) is 0 Å². The number of hydrogen-bond donors (Lipinski definition) is 1. The zero-order valence-corrected chi connectivity index (χ0v) is 12.8. The van der Waals surface area contributed by atoms with Crippen molar-refractivity contribution >= 4 is 17.7 Å². The van der Waals surface area contributed by atoms with Gasteiger partial charge in [0.25, 0.3) is 0 Å². The van der Waals surface area contributed by atoms with Gasteiger partial charge in [-0.25, -0.2) is 0 Å². The minimum Gasteiger partial charge on any atom is -0.458 e. The topological polar surface area (TPSA) is 52.3 Å². The molecule has 0 spiro atoms. The number of carbonyl (C=O) groups excluding carboxylic acids is 1. The van der Waals surface area contributed by atoms with Crippen LogP contribution in [0, 0.1) is 5.41 Å². The number of carbonyl (C=O) groups is 1. The van der Waals surface area contributed by atoms with Crippen molar-refractivity contribution in [2.75, 3.05) is 12.0 Å². The van der Waals surface area contributed by atoms with Crippen LogP contribution in [0.5, 0.6) is 0 Å². The van der Waals surface area contributed by atoms with E-state index in [1.807, 2.05) is 20.1 Å². The maximum absolute atomic E-state index is 11.8. The number of thioether (sulfide) groups is 1. The van der Waals surface area contributed by atoms with Crippen LogP contribution in [-0.4, -0.2) is 29.6 Å². The van der Waals surface area contributed by atoms with E-state index in [1.54, 1.807) is 11.8 Å². The van der Waals surface area contributed by atoms with Crippen molar-refractivity contribution in [2.45, 2.75) is 59.1 Å². The average Bonchev–Trinajstić information content (AvgIpc) is 2.08. The number of rotatable bonds is 6. The average molecular weight is 261 g/mol. The third-order valence-corrected chi connectivity index (χ3v) is 2.91. The highest BCUT2D eigenvalue weighted by atomic mass is 32.2. The molecular formula is C13H27NO2S. The van der Waals surface area contributed by atoms with E-state index in [0.717, 1.165) is 12.2 Å². The van der Waals surface area contributed by atoms with E-state index in [9.17, 15) is 4.79 Å². The van der Waals surface area contributed by atoms with Crippen LogP contribution >= 0.6 is 11.8 Å². The molecule has 0 aliphatic carbocycles. The lowest BCUT2D eigenvalue weighted by atomic mass is 9.83. The van der Waals surface area contributed by atoms with Crippen molar-refractivity contribution in [2.24, 2.45) is 11.1 Å². The van der Waals surface area contributed by atoms with Gasteiger partial charge in [-0.05, 0) is 44.1 Å². The molecule has 17 heavy (non-hydrogen) atoms. The Labute approximate surface area is 110 Å². The molecule has 0 aromatic carbocycles. The maximum Gasteiger partial charge on any atom is 0.323 e. The van der Waals surface area contributed by atoms with Gasteiger partial charge in [0.05, 0.1) is 0 Å². The summed E-state index contributed by atoms with van der Waals surface area (Å²) in [5.41, 5.74) is 5.47. The first-order chi connectivity index (χ1) is 7.57. The molecule has 1 unspecified atom stereocenters.